The van der Waals surface area contributed by atoms with Crippen molar-refractivity contribution < 1.29 is 0 Å². The lowest BCUT2D eigenvalue weighted by atomic mass is 9.98. The molecule has 2 heteroatoms. The first-order valence-corrected chi connectivity index (χ1v) is 5.56. The molecule has 0 aliphatic heterocycles. The fourth-order valence-electron chi connectivity index (χ4n) is 2.08. The molecule has 1 aliphatic rings. The van der Waals surface area contributed by atoms with Gasteiger partial charge in [-0.05, 0) is 42.9 Å². The van der Waals surface area contributed by atoms with Crippen molar-refractivity contribution in [1.29, 1.82) is 0 Å². The molecule has 0 aromatic heterocycles. The predicted molar refractivity (Wildman–Crippen MR) is 58.7 cm³/mol. The van der Waals surface area contributed by atoms with Gasteiger partial charge in [0.15, 0.2) is 0 Å². The third-order valence-electron chi connectivity index (χ3n) is 2.79. The Morgan fingerprint density at radius 2 is 2.15 bits per heavy atom. The first-order chi connectivity index (χ1) is 6.25. The van der Waals surface area contributed by atoms with Crippen molar-refractivity contribution in [2.24, 2.45) is 5.73 Å². The standard InChI is InChI=1S/C11H14BrN/c12-10-3-1-2-8(6-10)9-4-5-11(13)7-9/h1-3,6,9,11H,4-5,7,13H2. The van der Waals surface area contributed by atoms with E-state index in [0.29, 0.717) is 12.0 Å². The van der Waals surface area contributed by atoms with Gasteiger partial charge in [-0.3, -0.25) is 0 Å². The normalized spacial score (nSPS) is 27.8. The summed E-state index contributed by atoms with van der Waals surface area (Å²) in [7, 11) is 0. The number of hydrogen-bond acceptors (Lipinski definition) is 1. The van der Waals surface area contributed by atoms with E-state index in [0.717, 1.165) is 6.42 Å². The van der Waals surface area contributed by atoms with Gasteiger partial charge in [0.1, 0.15) is 0 Å². The molecule has 13 heavy (non-hydrogen) atoms. The molecule has 2 atom stereocenters. The van der Waals surface area contributed by atoms with Crippen molar-refractivity contribution in [3.8, 4) is 0 Å². The second-order valence-electron chi connectivity index (χ2n) is 3.83. The van der Waals surface area contributed by atoms with E-state index >= 15 is 0 Å². The van der Waals surface area contributed by atoms with Gasteiger partial charge >= 0.3 is 0 Å². The molecule has 2 rings (SSSR count). The van der Waals surface area contributed by atoms with Crippen LogP contribution in [0.3, 0.4) is 0 Å². The van der Waals surface area contributed by atoms with Crippen molar-refractivity contribution >= 4 is 15.9 Å². The van der Waals surface area contributed by atoms with Gasteiger partial charge in [0.25, 0.3) is 0 Å². The molecule has 1 saturated carbocycles. The monoisotopic (exact) mass is 239 g/mol. The Kier molecular flexibility index (Phi) is 2.70. The minimum atomic E-state index is 0.420. The molecule has 0 saturated heterocycles. The third kappa shape index (κ3) is 2.12. The topological polar surface area (TPSA) is 26.0 Å². The van der Waals surface area contributed by atoms with Gasteiger partial charge in [0.05, 0.1) is 0 Å². The Bertz CT molecular complexity index is 298. The largest absolute Gasteiger partial charge is 0.328 e. The molecule has 0 amide bonds. The zero-order valence-corrected chi connectivity index (χ0v) is 9.13. The molecule has 1 nitrogen and oxygen atoms in total. The van der Waals surface area contributed by atoms with Crippen molar-refractivity contribution in [3.63, 3.8) is 0 Å². The van der Waals surface area contributed by atoms with E-state index in [1.165, 1.54) is 22.9 Å². The number of benzene rings is 1. The van der Waals surface area contributed by atoms with Gasteiger partial charge in [0.2, 0.25) is 0 Å². The highest BCUT2D eigenvalue weighted by atomic mass is 79.9. The maximum absolute atomic E-state index is 5.89. The lowest BCUT2D eigenvalue weighted by Gasteiger charge is -2.09. The van der Waals surface area contributed by atoms with Gasteiger partial charge < -0.3 is 5.73 Å². The maximum atomic E-state index is 5.89. The molecule has 0 heterocycles. The van der Waals surface area contributed by atoms with Gasteiger partial charge in [-0.1, -0.05) is 28.1 Å². The summed E-state index contributed by atoms with van der Waals surface area (Å²) in [5.74, 6) is 0.687. The van der Waals surface area contributed by atoms with Crippen LogP contribution < -0.4 is 5.73 Å². The van der Waals surface area contributed by atoms with Crippen molar-refractivity contribution in [2.45, 2.75) is 31.2 Å². The Hall–Kier alpha value is -0.340. The van der Waals surface area contributed by atoms with Crippen molar-refractivity contribution in [1.82, 2.24) is 0 Å². The zero-order valence-electron chi connectivity index (χ0n) is 7.54. The summed E-state index contributed by atoms with van der Waals surface area (Å²) in [6.07, 6.45) is 3.57. The first kappa shape index (κ1) is 9.22. The number of hydrogen-bond donors (Lipinski definition) is 1. The zero-order chi connectivity index (χ0) is 9.26. The molecule has 2 N–H and O–H groups in total. The summed E-state index contributed by atoms with van der Waals surface area (Å²) in [5.41, 5.74) is 7.32. The summed E-state index contributed by atoms with van der Waals surface area (Å²) in [5, 5.41) is 0. The minimum absolute atomic E-state index is 0.420. The van der Waals surface area contributed by atoms with Crippen LogP contribution in [0.4, 0.5) is 0 Å². The molecule has 1 aromatic carbocycles. The van der Waals surface area contributed by atoms with E-state index in [-0.39, 0.29) is 0 Å². The molecular formula is C11H14BrN. The van der Waals surface area contributed by atoms with Crippen LogP contribution >= 0.6 is 15.9 Å². The smallest absolute Gasteiger partial charge is 0.0178 e. The maximum Gasteiger partial charge on any atom is 0.0178 e. The summed E-state index contributed by atoms with van der Waals surface area (Å²) in [4.78, 5) is 0. The summed E-state index contributed by atoms with van der Waals surface area (Å²) < 4.78 is 1.17. The van der Waals surface area contributed by atoms with Crippen LogP contribution in [0.1, 0.15) is 30.7 Å². The number of nitrogens with two attached hydrogens (primary N) is 1. The second kappa shape index (κ2) is 3.81. The average molecular weight is 240 g/mol. The van der Waals surface area contributed by atoms with Crippen LogP contribution in [0.2, 0.25) is 0 Å². The quantitative estimate of drug-likeness (QED) is 0.802. The lowest BCUT2D eigenvalue weighted by Crippen LogP contribution is -2.14. The molecule has 0 bridgehead atoms. The molecule has 1 aliphatic carbocycles. The second-order valence-corrected chi connectivity index (χ2v) is 4.74. The third-order valence-corrected chi connectivity index (χ3v) is 3.29. The molecular weight excluding hydrogens is 226 g/mol. The van der Waals surface area contributed by atoms with Crippen molar-refractivity contribution in [2.75, 3.05) is 0 Å². The van der Waals surface area contributed by atoms with Crippen LogP contribution in [0, 0.1) is 0 Å². The number of halogens is 1. The Labute approximate surface area is 87.5 Å². The molecule has 2 unspecified atom stereocenters. The summed E-state index contributed by atoms with van der Waals surface area (Å²) in [6.45, 7) is 0. The fourth-order valence-corrected chi connectivity index (χ4v) is 2.50. The fraction of sp³-hybridized carbons (Fsp3) is 0.455. The minimum Gasteiger partial charge on any atom is -0.328 e. The first-order valence-electron chi connectivity index (χ1n) is 4.77. The van der Waals surface area contributed by atoms with Crippen LogP contribution in [-0.4, -0.2) is 6.04 Å². The van der Waals surface area contributed by atoms with Crippen molar-refractivity contribution in [3.05, 3.63) is 34.3 Å². The Morgan fingerprint density at radius 1 is 1.31 bits per heavy atom. The average Bonchev–Trinajstić information content (AvgIpc) is 2.52. The summed E-state index contributed by atoms with van der Waals surface area (Å²) >= 11 is 3.49. The molecule has 0 spiro atoms. The van der Waals surface area contributed by atoms with Crippen LogP contribution in [0.25, 0.3) is 0 Å². The highest BCUT2D eigenvalue weighted by Gasteiger charge is 2.22. The van der Waals surface area contributed by atoms with Crippen LogP contribution in [0.5, 0.6) is 0 Å². The van der Waals surface area contributed by atoms with E-state index in [1.807, 2.05) is 0 Å². The predicted octanol–water partition coefficient (Wildman–Crippen LogP) is 3.04. The van der Waals surface area contributed by atoms with Crippen LogP contribution in [-0.2, 0) is 0 Å². The molecule has 0 radical (unpaired) electrons. The Morgan fingerprint density at radius 3 is 2.77 bits per heavy atom. The Balaban J connectivity index is 2.16. The van der Waals surface area contributed by atoms with E-state index in [4.69, 9.17) is 5.73 Å². The lowest BCUT2D eigenvalue weighted by molar-refractivity contribution is 0.674. The van der Waals surface area contributed by atoms with E-state index in [9.17, 15) is 0 Å². The van der Waals surface area contributed by atoms with Gasteiger partial charge in [0, 0.05) is 10.5 Å². The van der Waals surface area contributed by atoms with Gasteiger partial charge in [-0.25, -0.2) is 0 Å². The van der Waals surface area contributed by atoms with Gasteiger partial charge in [-0.2, -0.15) is 0 Å². The van der Waals surface area contributed by atoms with E-state index in [1.54, 1.807) is 0 Å². The SMILES string of the molecule is NC1CCC(c2cccc(Br)c2)C1. The molecule has 70 valence electrons. The highest BCUT2D eigenvalue weighted by Crippen LogP contribution is 2.34. The van der Waals surface area contributed by atoms with Gasteiger partial charge in [-0.15, -0.1) is 0 Å². The van der Waals surface area contributed by atoms with E-state index < -0.39 is 0 Å². The molecule has 1 fully saturated rings. The highest BCUT2D eigenvalue weighted by molar-refractivity contribution is 9.10. The summed E-state index contributed by atoms with van der Waals surface area (Å²) in [6, 6.07) is 9.00. The molecule has 1 aromatic rings. The van der Waals surface area contributed by atoms with Crippen LogP contribution in [0.15, 0.2) is 28.7 Å². The number of rotatable bonds is 1. The van der Waals surface area contributed by atoms with E-state index in [2.05, 4.69) is 40.2 Å².